The zero-order valence-corrected chi connectivity index (χ0v) is 9.41. The standard InChI is InChI=1S/C10H22N2O/c1-10(2,3)12(5)8-6-11(4)7-9(8)13/h8-9,13H,6-7H2,1-5H3/t8-,9-/m0/s1. The van der Waals surface area contributed by atoms with Crippen molar-refractivity contribution < 1.29 is 5.11 Å². The molecule has 2 atom stereocenters. The Morgan fingerprint density at radius 3 is 2.15 bits per heavy atom. The Balaban J connectivity index is 2.62. The molecular formula is C10H22N2O. The van der Waals surface area contributed by atoms with Gasteiger partial charge in [0.15, 0.2) is 0 Å². The molecule has 0 aliphatic carbocycles. The number of rotatable bonds is 1. The zero-order valence-electron chi connectivity index (χ0n) is 9.41. The molecule has 1 aliphatic heterocycles. The van der Waals surface area contributed by atoms with E-state index in [-0.39, 0.29) is 17.7 Å². The predicted octanol–water partition coefficient (Wildman–Crippen LogP) is 0.392. The highest BCUT2D eigenvalue weighted by Crippen LogP contribution is 2.21. The molecule has 0 saturated carbocycles. The maximum Gasteiger partial charge on any atom is 0.0834 e. The number of aliphatic hydroxyl groups is 1. The third-order valence-corrected chi connectivity index (χ3v) is 3.00. The Morgan fingerprint density at radius 1 is 1.31 bits per heavy atom. The van der Waals surface area contributed by atoms with Crippen molar-refractivity contribution >= 4 is 0 Å². The first-order chi connectivity index (χ1) is 5.82. The molecule has 13 heavy (non-hydrogen) atoms. The highest BCUT2D eigenvalue weighted by Gasteiger charge is 2.36. The molecule has 3 nitrogen and oxygen atoms in total. The van der Waals surface area contributed by atoms with Gasteiger partial charge in [0.2, 0.25) is 0 Å². The van der Waals surface area contributed by atoms with Gasteiger partial charge in [0.25, 0.3) is 0 Å². The molecule has 0 aromatic heterocycles. The molecule has 0 unspecified atom stereocenters. The van der Waals surface area contributed by atoms with Crippen LogP contribution in [0.2, 0.25) is 0 Å². The lowest BCUT2D eigenvalue weighted by Crippen LogP contribution is -2.50. The molecule has 0 radical (unpaired) electrons. The quantitative estimate of drug-likeness (QED) is 0.642. The second kappa shape index (κ2) is 3.56. The summed E-state index contributed by atoms with van der Waals surface area (Å²) in [5.41, 5.74) is 0.136. The van der Waals surface area contributed by atoms with E-state index in [0.717, 1.165) is 13.1 Å². The van der Waals surface area contributed by atoms with Crippen molar-refractivity contribution in [3.8, 4) is 0 Å². The van der Waals surface area contributed by atoms with E-state index >= 15 is 0 Å². The normalized spacial score (nSPS) is 31.6. The van der Waals surface area contributed by atoms with Crippen molar-refractivity contribution in [3.05, 3.63) is 0 Å². The lowest BCUT2D eigenvalue weighted by atomic mass is 10.0. The van der Waals surface area contributed by atoms with Gasteiger partial charge < -0.3 is 10.0 Å². The second-order valence-electron chi connectivity index (χ2n) is 5.14. The van der Waals surface area contributed by atoms with Gasteiger partial charge in [-0.05, 0) is 34.9 Å². The molecular weight excluding hydrogens is 164 g/mol. The van der Waals surface area contributed by atoms with Crippen LogP contribution in [-0.4, -0.2) is 59.8 Å². The monoisotopic (exact) mass is 186 g/mol. The fourth-order valence-electron chi connectivity index (χ4n) is 1.83. The minimum Gasteiger partial charge on any atom is -0.390 e. The number of hydrogen-bond donors (Lipinski definition) is 1. The average Bonchev–Trinajstić information content (AvgIpc) is 2.26. The van der Waals surface area contributed by atoms with Crippen molar-refractivity contribution in [2.75, 3.05) is 27.2 Å². The highest BCUT2D eigenvalue weighted by molar-refractivity contribution is 4.92. The van der Waals surface area contributed by atoms with Crippen molar-refractivity contribution in [2.45, 2.75) is 38.5 Å². The van der Waals surface area contributed by atoms with Crippen LogP contribution in [0.3, 0.4) is 0 Å². The van der Waals surface area contributed by atoms with Gasteiger partial charge in [-0.25, -0.2) is 0 Å². The lowest BCUT2D eigenvalue weighted by Gasteiger charge is -2.38. The molecule has 0 aromatic rings. The molecule has 0 spiro atoms. The fraction of sp³-hybridized carbons (Fsp3) is 1.00. The fourth-order valence-corrected chi connectivity index (χ4v) is 1.83. The third kappa shape index (κ3) is 2.42. The smallest absolute Gasteiger partial charge is 0.0834 e. The molecule has 0 aromatic carbocycles. The molecule has 1 fully saturated rings. The molecule has 3 heteroatoms. The van der Waals surface area contributed by atoms with Gasteiger partial charge in [-0.15, -0.1) is 0 Å². The Bertz CT molecular complexity index is 176. The van der Waals surface area contributed by atoms with E-state index in [1.54, 1.807) is 0 Å². The van der Waals surface area contributed by atoms with Gasteiger partial charge in [-0.3, -0.25) is 4.90 Å². The number of nitrogens with zero attached hydrogens (tertiary/aromatic N) is 2. The van der Waals surface area contributed by atoms with Crippen LogP contribution in [0, 0.1) is 0 Å². The number of likely N-dealkylation sites (N-methyl/N-ethyl adjacent to an activating group) is 2. The van der Waals surface area contributed by atoms with Crippen molar-refractivity contribution in [1.82, 2.24) is 9.80 Å². The first-order valence-electron chi connectivity index (χ1n) is 4.92. The molecule has 1 N–H and O–H groups in total. The second-order valence-corrected chi connectivity index (χ2v) is 5.14. The lowest BCUT2D eigenvalue weighted by molar-refractivity contribution is 0.0462. The summed E-state index contributed by atoms with van der Waals surface area (Å²) in [7, 11) is 4.15. The summed E-state index contributed by atoms with van der Waals surface area (Å²) in [6.45, 7) is 8.30. The van der Waals surface area contributed by atoms with Crippen LogP contribution in [0.5, 0.6) is 0 Å². The van der Waals surface area contributed by atoms with Gasteiger partial charge in [-0.1, -0.05) is 0 Å². The maximum atomic E-state index is 9.81. The van der Waals surface area contributed by atoms with Gasteiger partial charge >= 0.3 is 0 Å². The average molecular weight is 186 g/mol. The van der Waals surface area contributed by atoms with E-state index in [1.807, 2.05) is 0 Å². The number of hydrogen-bond acceptors (Lipinski definition) is 3. The summed E-state index contributed by atoms with van der Waals surface area (Å²) >= 11 is 0. The topological polar surface area (TPSA) is 26.7 Å². The summed E-state index contributed by atoms with van der Waals surface area (Å²) < 4.78 is 0. The summed E-state index contributed by atoms with van der Waals surface area (Å²) in [5.74, 6) is 0. The maximum absolute atomic E-state index is 9.81. The first-order valence-corrected chi connectivity index (χ1v) is 4.92. The third-order valence-electron chi connectivity index (χ3n) is 3.00. The number of aliphatic hydroxyl groups excluding tert-OH is 1. The largest absolute Gasteiger partial charge is 0.390 e. The van der Waals surface area contributed by atoms with Crippen LogP contribution in [0.15, 0.2) is 0 Å². The van der Waals surface area contributed by atoms with Crippen molar-refractivity contribution in [2.24, 2.45) is 0 Å². The van der Waals surface area contributed by atoms with Gasteiger partial charge in [0, 0.05) is 24.7 Å². The van der Waals surface area contributed by atoms with Crippen LogP contribution in [0.25, 0.3) is 0 Å². The van der Waals surface area contributed by atoms with Crippen molar-refractivity contribution in [1.29, 1.82) is 0 Å². The molecule has 1 saturated heterocycles. The van der Waals surface area contributed by atoms with E-state index in [9.17, 15) is 5.11 Å². The van der Waals surface area contributed by atoms with Crippen LogP contribution >= 0.6 is 0 Å². The minimum atomic E-state index is -0.200. The van der Waals surface area contributed by atoms with Gasteiger partial charge in [0.1, 0.15) is 0 Å². The van der Waals surface area contributed by atoms with Crippen molar-refractivity contribution in [3.63, 3.8) is 0 Å². The van der Waals surface area contributed by atoms with Crippen LogP contribution in [0.4, 0.5) is 0 Å². The molecule has 0 bridgehead atoms. The Hall–Kier alpha value is -0.120. The van der Waals surface area contributed by atoms with Gasteiger partial charge in [0.05, 0.1) is 6.10 Å². The molecule has 1 heterocycles. The van der Waals surface area contributed by atoms with E-state index in [1.165, 1.54) is 0 Å². The summed E-state index contributed by atoms with van der Waals surface area (Å²) in [6, 6.07) is 0.282. The van der Waals surface area contributed by atoms with Crippen LogP contribution < -0.4 is 0 Å². The van der Waals surface area contributed by atoms with E-state index in [4.69, 9.17) is 0 Å². The van der Waals surface area contributed by atoms with E-state index in [2.05, 4.69) is 44.7 Å². The molecule has 78 valence electrons. The van der Waals surface area contributed by atoms with Crippen LogP contribution in [0.1, 0.15) is 20.8 Å². The minimum absolute atomic E-state index is 0.136. The van der Waals surface area contributed by atoms with Gasteiger partial charge in [-0.2, -0.15) is 0 Å². The Labute approximate surface area is 81.3 Å². The van der Waals surface area contributed by atoms with Crippen LogP contribution in [-0.2, 0) is 0 Å². The summed E-state index contributed by atoms with van der Waals surface area (Å²) in [4.78, 5) is 4.44. The summed E-state index contributed by atoms with van der Waals surface area (Å²) in [5, 5.41) is 9.81. The van der Waals surface area contributed by atoms with E-state index in [0.29, 0.717) is 0 Å². The summed E-state index contributed by atoms with van der Waals surface area (Å²) in [6.07, 6.45) is -0.200. The zero-order chi connectivity index (χ0) is 10.2. The first kappa shape index (κ1) is 11.0. The number of β-amino-alcohol motifs (C(OH)–C–C–N with tert-alkyl or cyclic N) is 1. The number of likely N-dealkylation sites (tertiary alicyclic amines) is 1. The predicted molar refractivity (Wildman–Crippen MR) is 54.8 cm³/mol. The molecule has 0 amide bonds. The van der Waals surface area contributed by atoms with E-state index < -0.39 is 0 Å². The Morgan fingerprint density at radius 2 is 1.85 bits per heavy atom. The SMILES string of the molecule is CN1C[C@H](O)[C@@H](N(C)C(C)(C)C)C1. The molecule has 1 aliphatic rings. The Kier molecular flexibility index (Phi) is 3.00. The molecule has 1 rings (SSSR count). The highest BCUT2D eigenvalue weighted by atomic mass is 16.3.